The Bertz CT molecular complexity index is 1210. The van der Waals surface area contributed by atoms with Crippen LogP contribution in [0.4, 0.5) is 0 Å². The second-order valence-corrected chi connectivity index (χ2v) is 8.36. The summed E-state index contributed by atoms with van der Waals surface area (Å²) in [6.45, 7) is 4.50. The van der Waals surface area contributed by atoms with Gasteiger partial charge in [0.25, 0.3) is 0 Å². The number of fused-ring (bicyclic) bond motifs is 1. The molecule has 1 aromatic heterocycles. The molecule has 0 saturated heterocycles. The van der Waals surface area contributed by atoms with Crippen molar-refractivity contribution in [3.05, 3.63) is 58.4 Å². The summed E-state index contributed by atoms with van der Waals surface area (Å²) in [5, 5.41) is 14.1. The maximum atomic E-state index is 12.0. The van der Waals surface area contributed by atoms with Crippen LogP contribution in [0.3, 0.4) is 0 Å². The highest BCUT2D eigenvalue weighted by molar-refractivity contribution is 5.91. The van der Waals surface area contributed by atoms with E-state index in [1.807, 2.05) is 18.2 Å². The van der Waals surface area contributed by atoms with Crippen LogP contribution in [0.5, 0.6) is 23.0 Å². The molecule has 35 heavy (non-hydrogen) atoms. The van der Waals surface area contributed by atoms with Crippen LogP contribution >= 0.6 is 0 Å². The van der Waals surface area contributed by atoms with E-state index in [2.05, 4.69) is 10.3 Å². The molecular weight excluding hydrogens is 452 g/mol. The number of rotatable bonds is 12. The van der Waals surface area contributed by atoms with Gasteiger partial charge in [-0.25, -0.2) is 0 Å². The fraction of sp³-hybridized carbons (Fsp3) is 0.385. The van der Waals surface area contributed by atoms with Crippen molar-refractivity contribution < 1.29 is 28.8 Å². The standard InChI is InChI=1S/C26H32N2O7/c1-16(2)26(31)35-22-9-8-20(19-6-10-24(30)28-25(19)22)34-15-18(29)14-27-12-11-17-5-7-21(32-3)23(13-17)33-4/h5-10,13,16,18,27,29H,11-12,14-15H2,1-4H3,(H,28,30). The van der Waals surface area contributed by atoms with Gasteiger partial charge >= 0.3 is 5.97 Å². The van der Waals surface area contributed by atoms with Gasteiger partial charge in [0.15, 0.2) is 17.2 Å². The number of benzene rings is 2. The summed E-state index contributed by atoms with van der Waals surface area (Å²) in [6.07, 6.45) is -0.000621. The van der Waals surface area contributed by atoms with E-state index < -0.39 is 12.1 Å². The highest BCUT2D eigenvalue weighted by Gasteiger charge is 2.16. The lowest BCUT2D eigenvalue weighted by Gasteiger charge is -2.16. The molecule has 1 heterocycles. The number of methoxy groups -OCH3 is 2. The number of ether oxygens (including phenoxy) is 4. The Morgan fingerprint density at radius 1 is 1.00 bits per heavy atom. The molecule has 3 N–H and O–H groups in total. The zero-order chi connectivity index (χ0) is 25.4. The number of aromatic nitrogens is 1. The molecule has 0 bridgehead atoms. The summed E-state index contributed by atoms with van der Waals surface area (Å²) in [7, 11) is 3.20. The first-order chi connectivity index (χ1) is 16.8. The molecule has 9 nitrogen and oxygen atoms in total. The molecule has 1 unspecified atom stereocenters. The average Bonchev–Trinajstić information content (AvgIpc) is 2.85. The number of H-pyrrole nitrogens is 1. The number of hydrogen-bond donors (Lipinski definition) is 3. The molecule has 0 amide bonds. The van der Waals surface area contributed by atoms with Crippen molar-refractivity contribution in [3.63, 3.8) is 0 Å². The molecule has 0 aliphatic rings. The maximum absolute atomic E-state index is 12.0. The van der Waals surface area contributed by atoms with E-state index in [0.29, 0.717) is 41.2 Å². The summed E-state index contributed by atoms with van der Waals surface area (Å²) >= 11 is 0. The molecule has 0 aliphatic heterocycles. The van der Waals surface area contributed by atoms with Crippen molar-refractivity contribution in [2.75, 3.05) is 33.9 Å². The zero-order valence-electron chi connectivity index (χ0n) is 20.4. The number of aromatic amines is 1. The first-order valence-electron chi connectivity index (χ1n) is 11.4. The first kappa shape index (κ1) is 26.1. The van der Waals surface area contributed by atoms with Crippen molar-refractivity contribution in [1.29, 1.82) is 0 Å². The van der Waals surface area contributed by atoms with Gasteiger partial charge in [0.1, 0.15) is 18.5 Å². The largest absolute Gasteiger partial charge is 0.493 e. The van der Waals surface area contributed by atoms with Crippen LogP contribution in [-0.2, 0) is 11.2 Å². The third kappa shape index (κ3) is 6.97. The molecule has 3 rings (SSSR count). The van der Waals surface area contributed by atoms with Crippen LogP contribution in [0.1, 0.15) is 19.4 Å². The van der Waals surface area contributed by atoms with Crippen molar-refractivity contribution in [2.24, 2.45) is 5.92 Å². The minimum Gasteiger partial charge on any atom is -0.493 e. The van der Waals surface area contributed by atoms with Crippen LogP contribution < -0.4 is 29.8 Å². The predicted octanol–water partition coefficient (Wildman–Crippen LogP) is 2.68. The Morgan fingerprint density at radius 2 is 1.71 bits per heavy atom. The number of carbonyl (C=O) groups is 1. The monoisotopic (exact) mass is 484 g/mol. The number of hydrogen-bond acceptors (Lipinski definition) is 8. The summed E-state index contributed by atoms with van der Waals surface area (Å²) in [6, 6.07) is 12.0. The first-order valence-corrected chi connectivity index (χ1v) is 11.4. The van der Waals surface area contributed by atoms with Crippen LogP contribution in [0, 0.1) is 5.92 Å². The molecule has 3 aromatic rings. The molecule has 9 heteroatoms. The molecule has 0 radical (unpaired) electrons. The highest BCUT2D eigenvalue weighted by atomic mass is 16.5. The normalized spacial score (nSPS) is 11.9. The lowest BCUT2D eigenvalue weighted by Crippen LogP contribution is -2.32. The molecular formula is C26H32N2O7. The summed E-state index contributed by atoms with van der Waals surface area (Å²) < 4.78 is 21.8. The second-order valence-electron chi connectivity index (χ2n) is 8.36. The van der Waals surface area contributed by atoms with E-state index >= 15 is 0 Å². The smallest absolute Gasteiger partial charge is 0.313 e. The molecule has 0 fully saturated rings. The lowest BCUT2D eigenvalue weighted by atomic mass is 10.1. The maximum Gasteiger partial charge on any atom is 0.313 e. The second kappa shape index (κ2) is 12.2. The lowest BCUT2D eigenvalue weighted by molar-refractivity contribution is -0.137. The summed E-state index contributed by atoms with van der Waals surface area (Å²) in [5.74, 6) is 1.35. The van der Waals surface area contributed by atoms with Gasteiger partial charge in [0.2, 0.25) is 5.56 Å². The number of aliphatic hydroxyl groups excluding tert-OH is 1. The van der Waals surface area contributed by atoms with Gasteiger partial charge < -0.3 is 34.4 Å². The van der Waals surface area contributed by atoms with Crippen molar-refractivity contribution in [3.8, 4) is 23.0 Å². The van der Waals surface area contributed by atoms with Crippen LogP contribution in [0.2, 0.25) is 0 Å². The van der Waals surface area contributed by atoms with Gasteiger partial charge in [0.05, 0.1) is 25.7 Å². The third-order valence-corrected chi connectivity index (χ3v) is 5.35. The Morgan fingerprint density at radius 3 is 2.43 bits per heavy atom. The summed E-state index contributed by atoms with van der Waals surface area (Å²) in [5.41, 5.74) is 1.13. The fourth-order valence-electron chi connectivity index (χ4n) is 3.42. The van der Waals surface area contributed by atoms with Gasteiger partial charge in [-0.2, -0.15) is 0 Å². The molecule has 2 aromatic carbocycles. The van der Waals surface area contributed by atoms with Gasteiger partial charge in [-0.3, -0.25) is 9.59 Å². The molecule has 0 aliphatic carbocycles. The van der Waals surface area contributed by atoms with Crippen molar-refractivity contribution in [1.82, 2.24) is 10.3 Å². The van der Waals surface area contributed by atoms with Crippen molar-refractivity contribution >= 4 is 16.9 Å². The van der Waals surface area contributed by atoms with E-state index in [9.17, 15) is 14.7 Å². The van der Waals surface area contributed by atoms with E-state index in [1.165, 1.54) is 6.07 Å². The number of esters is 1. The third-order valence-electron chi connectivity index (χ3n) is 5.35. The predicted molar refractivity (Wildman–Crippen MR) is 133 cm³/mol. The number of nitrogens with one attached hydrogen (secondary N) is 2. The van der Waals surface area contributed by atoms with Gasteiger partial charge in [0, 0.05) is 18.0 Å². The molecule has 1 atom stereocenters. The zero-order valence-corrected chi connectivity index (χ0v) is 20.4. The number of pyridine rings is 1. The van der Waals surface area contributed by atoms with Crippen LogP contribution in [-0.4, -0.2) is 56.1 Å². The average molecular weight is 485 g/mol. The Balaban J connectivity index is 1.55. The number of aliphatic hydroxyl groups is 1. The quantitative estimate of drug-likeness (QED) is 0.204. The summed E-state index contributed by atoms with van der Waals surface area (Å²) in [4.78, 5) is 26.6. The molecule has 0 saturated carbocycles. The van der Waals surface area contributed by atoms with Crippen molar-refractivity contribution in [2.45, 2.75) is 26.4 Å². The van der Waals surface area contributed by atoms with E-state index in [-0.39, 0.29) is 23.8 Å². The van der Waals surface area contributed by atoms with E-state index in [1.54, 1.807) is 46.3 Å². The topological polar surface area (TPSA) is 119 Å². The Hall–Kier alpha value is -3.56. The van der Waals surface area contributed by atoms with E-state index in [4.69, 9.17) is 18.9 Å². The highest BCUT2D eigenvalue weighted by Crippen LogP contribution is 2.31. The molecule has 0 spiro atoms. The van der Waals surface area contributed by atoms with Gasteiger partial charge in [-0.1, -0.05) is 19.9 Å². The van der Waals surface area contributed by atoms with E-state index in [0.717, 1.165) is 12.0 Å². The fourth-order valence-corrected chi connectivity index (χ4v) is 3.42. The Labute approximate surface area is 204 Å². The van der Waals surface area contributed by atoms with Gasteiger partial charge in [-0.15, -0.1) is 0 Å². The van der Waals surface area contributed by atoms with Crippen LogP contribution in [0.25, 0.3) is 10.9 Å². The SMILES string of the molecule is COc1ccc(CCNCC(O)COc2ccc(OC(=O)C(C)C)c3[nH]c(=O)ccc23)cc1OC. The van der Waals surface area contributed by atoms with Gasteiger partial charge in [-0.05, 0) is 48.9 Å². The minimum atomic E-state index is -0.753. The Kier molecular flexibility index (Phi) is 9.11. The van der Waals surface area contributed by atoms with Crippen LogP contribution in [0.15, 0.2) is 47.3 Å². The number of carbonyl (C=O) groups excluding carboxylic acids is 1. The minimum absolute atomic E-state index is 0.0444. The molecule has 188 valence electrons.